The summed E-state index contributed by atoms with van der Waals surface area (Å²) in [5, 5.41) is 10.8. The third-order valence-corrected chi connectivity index (χ3v) is 2.20. The molecule has 104 valence electrons. The van der Waals surface area contributed by atoms with Crippen LogP contribution in [0.4, 0.5) is 0 Å². The van der Waals surface area contributed by atoms with Crippen LogP contribution in [0.15, 0.2) is 24.5 Å². The molecule has 2 aromatic rings. The molecule has 11 heteroatoms. The molecule has 0 radical (unpaired) electrons. The van der Waals surface area contributed by atoms with Crippen LogP contribution in [0, 0.1) is 0 Å². The molecule has 0 unspecified atom stereocenters. The van der Waals surface area contributed by atoms with Crippen LogP contribution in [0.1, 0.15) is 10.4 Å². The summed E-state index contributed by atoms with van der Waals surface area (Å²) in [5.74, 6) is -0.0366. The van der Waals surface area contributed by atoms with Gasteiger partial charge in [0.1, 0.15) is 17.6 Å². The third kappa shape index (κ3) is 5.04. The van der Waals surface area contributed by atoms with Gasteiger partial charge in [0.25, 0.3) is 0 Å². The van der Waals surface area contributed by atoms with Crippen molar-refractivity contribution in [2.45, 2.75) is 0 Å². The van der Waals surface area contributed by atoms with Crippen molar-refractivity contribution in [1.82, 2.24) is 20.2 Å². The van der Waals surface area contributed by atoms with Gasteiger partial charge in [-0.15, -0.1) is 5.10 Å². The maximum Gasteiger partial charge on any atom is 1.00 e. The van der Waals surface area contributed by atoms with Crippen molar-refractivity contribution < 1.29 is 43.8 Å². The van der Waals surface area contributed by atoms with Crippen molar-refractivity contribution in [1.29, 1.82) is 0 Å². The maximum absolute atomic E-state index is 11.6. The van der Waals surface area contributed by atoms with Crippen LogP contribution in [0.2, 0.25) is 0 Å². The number of tetrazole rings is 1. The summed E-state index contributed by atoms with van der Waals surface area (Å²) in [4.78, 5) is 13.1. The number of carbonyl (C=O) groups excluding carboxylic acids is 1. The predicted molar refractivity (Wildman–Crippen MR) is 67.1 cm³/mol. The van der Waals surface area contributed by atoms with Gasteiger partial charge in [0.15, 0.2) is 0 Å². The molecule has 1 aromatic heterocycles. The molecule has 0 aliphatic rings. The fourth-order valence-corrected chi connectivity index (χ4v) is 1.39. The first kappa shape index (κ1) is 18.9. The van der Waals surface area contributed by atoms with Gasteiger partial charge in [-0.25, -0.2) is 9.48 Å². The number of rotatable bonds is 3. The van der Waals surface area contributed by atoms with E-state index in [1.165, 1.54) is 30.1 Å². The van der Waals surface area contributed by atoms with Gasteiger partial charge in [-0.3, -0.25) is 4.91 Å². The molecular formula is C10H10N7NaO3. The minimum atomic E-state index is -0.475. The Morgan fingerprint density at radius 1 is 1.33 bits per heavy atom. The van der Waals surface area contributed by atoms with E-state index in [-0.39, 0.29) is 29.6 Å². The monoisotopic (exact) mass is 299 g/mol. The average Bonchev–Trinajstić information content (AvgIpc) is 3.01. The van der Waals surface area contributed by atoms with Crippen molar-refractivity contribution in [2.24, 2.45) is 0 Å². The minimum absolute atomic E-state index is 0. The van der Waals surface area contributed by atoms with Gasteiger partial charge >= 0.3 is 35.5 Å². The summed E-state index contributed by atoms with van der Waals surface area (Å²) in [6.45, 7) is 0. The molecule has 0 aliphatic carbocycles. The van der Waals surface area contributed by atoms with Crippen molar-refractivity contribution in [3.8, 4) is 11.4 Å². The van der Waals surface area contributed by atoms with Gasteiger partial charge in [-0.05, 0) is 28.6 Å². The van der Waals surface area contributed by atoms with Crippen molar-refractivity contribution in [3.63, 3.8) is 0 Å². The average molecular weight is 299 g/mol. The molecule has 1 heterocycles. The SMILES string of the molecule is COC(=O)c1cc(-n2cnnn2)ccc1OC.[N-]=[N+]=[N-].[Na+]. The first-order valence-electron chi connectivity index (χ1n) is 5.16. The number of esters is 1. The van der Waals surface area contributed by atoms with E-state index in [4.69, 9.17) is 15.8 Å². The number of ether oxygens (including phenoxy) is 2. The number of nitrogens with zero attached hydrogens (tertiary/aromatic N) is 7. The molecule has 21 heavy (non-hydrogen) atoms. The zero-order valence-corrected chi connectivity index (χ0v) is 13.7. The van der Waals surface area contributed by atoms with Gasteiger partial charge < -0.3 is 20.5 Å². The van der Waals surface area contributed by atoms with E-state index in [0.717, 1.165) is 0 Å². The zero-order valence-electron chi connectivity index (χ0n) is 11.7. The summed E-state index contributed by atoms with van der Waals surface area (Å²) in [6.07, 6.45) is 1.43. The second-order valence-electron chi connectivity index (χ2n) is 3.22. The van der Waals surface area contributed by atoms with Gasteiger partial charge in [0, 0.05) is 0 Å². The zero-order chi connectivity index (χ0) is 15.0. The summed E-state index contributed by atoms with van der Waals surface area (Å²) in [6, 6.07) is 4.99. The van der Waals surface area contributed by atoms with Crippen LogP contribution in [-0.2, 0) is 4.74 Å². The Hall–Kier alpha value is -2.13. The summed E-state index contributed by atoms with van der Waals surface area (Å²) in [5.41, 5.74) is 14.5. The quantitative estimate of drug-likeness (QED) is 0.218. The van der Waals surface area contributed by atoms with Crippen LogP contribution in [-0.4, -0.2) is 40.4 Å². The molecule has 0 spiro atoms. The second kappa shape index (κ2) is 9.72. The first-order valence-corrected chi connectivity index (χ1v) is 5.16. The molecular weight excluding hydrogens is 289 g/mol. The topological polar surface area (TPSA) is 138 Å². The van der Waals surface area contributed by atoms with Crippen LogP contribution >= 0.6 is 0 Å². The van der Waals surface area contributed by atoms with E-state index >= 15 is 0 Å². The number of hydrogen-bond acceptors (Lipinski definition) is 6. The van der Waals surface area contributed by atoms with E-state index in [1.807, 2.05) is 0 Å². The van der Waals surface area contributed by atoms with E-state index < -0.39 is 5.97 Å². The van der Waals surface area contributed by atoms with Crippen molar-refractivity contribution >= 4 is 5.97 Å². The van der Waals surface area contributed by atoms with E-state index in [0.29, 0.717) is 17.0 Å². The molecule has 0 aliphatic heterocycles. The summed E-state index contributed by atoms with van der Waals surface area (Å²) >= 11 is 0. The molecule has 0 amide bonds. The Morgan fingerprint density at radius 2 is 2.00 bits per heavy atom. The van der Waals surface area contributed by atoms with E-state index in [9.17, 15) is 4.79 Å². The number of aromatic nitrogens is 4. The smallest absolute Gasteiger partial charge is 0.496 e. The molecule has 0 saturated heterocycles. The maximum atomic E-state index is 11.6. The van der Waals surface area contributed by atoms with Crippen LogP contribution in [0.5, 0.6) is 5.75 Å². The summed E-state index contributed by atoms with van der Waals surface area (Å²) in [7, 11) is 2.80. The normalized spacial score (nSPS) is 8.48. The Kier molecular flexibility index (Phi) is 8.74. The third-order valence-electron chi connectivity index (χ3n) is 2.20. The number of hydrogen-bond donors (Lipinski definition) is 0. The van der Waals surface area contributed by atoms with E-state index in [2.05, 4.69) is 20.3 Å². The first-order chi connectivity index (χ1) is 9.67. The van der Waals surface area contributed by atoms with Crippen LogP contribution in [0.25, 0.3) is 21.7 Å². The molecule has 10 nitrogen and oxygen atoms in total. The largest absolute Gasteiger partial charge is 1.00 e. The number of benzene rings is 1. The Balaban J connectivity index is 0.000000922. The van der Waals surface area contributed by atoms with E-state index in [1.54, 1.807) is 18.2 Å². The van der Waals surface area contributed by atoms with Gasteiger partial charge in [-0.2, -0.15) is 0 Å². The van der Waals surface area contributed by atoms with Crippen molar-refractivity contribution in [2.75, 3.05) is 14.2 Å². The fraction of sp³-hybridized carbons (Fsp3) is 0.200. The standard InChI is InChI=1S/C10H10N4O3.N3.Na/c1-16-9-4-3-7(14-6-11-12-13-14)5-8(9)10(15)17-2;1-3-2;/h3-6H,1-2H3;;/q;-1;+1. The van der Waals surface area contributed by atoms with Crippen LogP contribution in [0.3, 0.4) is 0 Å². The molecule has 0 N–H and O–H groups in total. The van der Waals surface area contributed by atoms with Gasteiger partial charge in [0.2, 0.25) is 0 Å². The van der Waals surface area contributed by atoms with Gasteiger partial charge in [0.05, 0.1) is 19.9 Å². The molecule has 0 fully saturated rings. The molecule has 1 aromatic carbocycles. The minimum Gasteiger partial charge on any atom is -0.496 e. The second-order valence-corrected chi connectivity index (χ2v) is 3.22. The van der Waals surface area contributed by atoms with Crippen LogP contribution < -0.4 is 34.3 Å². The summed E-state index contributed by atoms with van der Waals surface area (Å²) < 4.78 is 11.2. The Bertz CT molecular complexity index is 611. The Morgan fingerprint density at radius 3 is 2.48 bits per heavy atom. The predicted octanol–water partition coefficient (Wildman–Crippen LogP) is -1.67. The Labute approximate surface area is 141 Å². The van der Waals surface area contributed by atoms with Crippen molar-refractivity contribution in [3.05, 3.63) is 46.1 Å². The molecule has 2 rings (SSSR count). The number of methoxy groups -OCH3 is 2. The molecule has 0 bridgehead atoms. The fourth-order valence-electron chi connectivity index (χ4n) is 1.39. The number of carbonyl (C=O) groups is 1. The molecule has 0 atom stereocenters. The van der Waals surface area contributed by atoms with Gasteiger partial charge in [-0.1, -0.05) is 0 Å². The molecule has 0 saturated carbocycles.